The summed E-state index contributed by atoms with van der Waals surface area (Å²) in [5.41, 5.74) is 0.167. The minimum atomic E-state index is -1.12. The molecular weight excluding hydrogens is 237 g/mol. The van der Waals surface area contributed by atoms with E-state index in [0.29, 0.717) is 12.8 Å². The second-order valence-electron chi connectivity index (χ2n) is 3.84. The van der Waals surface area contributed by atoms with Gasteiger partial charge in [0.2, 0.25) is 0 Å². The van der Waals surface area contributed by atoms with Crippen LogP contribution in [0.2, 0.25) is 0 Å². The summed E-state index contributed by atoms with van der Waals surface area (Å²) in [5, 5.41) is 17.5. The molecule has 0 aliphatic carbocycles. The summed E-state index contributed by atoms with van der Waals surface area (Å²) in [6, 6.07) is 5.48. The molecule has 1 rings (SSSR count). The van der Waals surface area contributed by atoms with Gasteiger partial charge in [-0.15, -0.1) is 0 Å². The van der Waals surface area contributed by atoms with Crippen molar-refractivity contribution in [2.24, 2.45) is 0 Å². The van der Waals surface area contributed by atoms with E-state index < -0.39 is 17.9 Å². The first-order chi connectivity index (χ1) is 8.58. The average Bonchev–Trinajstić information content (AvgIpc) is 2.35. The standard InChI is InChI=1S/C13H14FNO3/c1-2-3-4-12(13(16)17)18-11-6-5-9(8-15)7-10(11)14/h5-7,12H,2-4H2,1H3,(H,16,17). The van der Waals surface area contributed by atoms with Crippen molar-refractivity contribution in [3.8, 4) is 11.8 Å². The van der Waals surface area contributed by atoms with Crippen molar-refractivity contribution in [2.45, 2.75) is 32.3 Å². The maximum Gasteiger partial charge on any atom is 0.344 e. The summed E-state index contributed by atoms with van der Waals surface area (Å²) in [4.78, 5) is 10.9. The molecule has 0 aliphatic rings. The monoisotopic (exact) mass is 251 g/mol. The number of carbonyl (C=O) groups is 1. The number of carboxylic acids is 1. The molecule has 1 N–H and O–H groups in total. The molecule has 0 aliphatic heterocycles. The molecule has 4 nitrogen and oxygen atoms in total. The van der Waals surface area contributed by atoms with E-state index in [2.05, 4.69) is 0 Å². The molecule has 0 saturated heterocycles. The summed E-state index contributed by atoms with van der Waals surface area (Å²) >= 11 is 0. The van der Waals surface area contributed by atoms with Crippen LogP contribution >= 0.6 is 0 Å². The SMILES string of the molecule is CCCCC(Oc1ccc(C#N)cc1F)C(=O)O. The molecule has 0 radical (unpaired) electrons. The van der Waals surface area contributed by atoms with Crippen LogP contribution in [0.3, 0.4) is 0 Å². The van der Waals surface area contributed by atoms with Gasteiger partial charge in [-0.25, -0.2) is 9.18 Å². The third kappa shape index (κ3) is 3.74. The zero-order valence-electron chi connectivity index (χ0n) is 10.0. The van der Waals surface area contributed by atoms with Gasteiger partial charge < -0.3 is 9.84 Å². The number of nitriles is 1. The highest BCUT2D eigenvalue weighted by Gasteiger charge is 2.20. The molecule has 96 valence electrons. The minimum Gasteiger partial charge on any atom is -0.479 e. The van der Waals surface area contributed by atoms with Gasteiger partial charge in [0.15, 0.2) is 17.7 Å². The lowest BCUT2D eigenvalue weighted by atomic mass is 10.1. The van der Waals surface area contributed by atoms with Crippen LogP contribution in [0, 0.1) is 17.1 Å². The lowest BCUT2D eigenvalue weighted by Crippen LogP contribution is -2.27. The van der Waals surface area contributed by atoms with Crippen molar-refractivity contribution < 1.29 is 19.0 Å². The van der Waals surface area contributed by atoms with Gasteiger partial charge in [-0.1, -0.05) is 13.3 Å². The first-order valence-electron chi connectivity index (χ1n) is 5.67. The fourth-order valence-corrected chi connectivity index (χ4v) is 1.44. The van der Waals surface area contributed by atoms with Crippen molar-refractivity contribution in [3.05, 3.63) is 29.6 Å². The molecule has 1 atom stereocenters. The average molecular weight is 251 g/mol. The lowest BCUT2D eigenvalue weighted by Gasteiger charge is -2.15. The largest absolute Gasteiger partial charge is 0.479 e. The summed E-state index contributed by atoms with van der Waals surface area (Å²) in [6.45, 7) is 1.93. The van der Waals surface area contributed by atoms with E-state index in [4.69, 9.17) is 15.1 Å². The third-order valence-electron chi connectivity index (χ3n) is 2.43. The molecule has 0 heterocycles. The molecule has 5 heteroatoms. The molecule has 1 aromatic carbocycles. The number of unbranched alkanes of at least 4 members (excludes halogenated alkanes) is 1. The number of aliphatic carboxylic acids is 1. The van der Waals surface area contributed by atoms with Crippen LogP contribution in [-0.4, -0.2) is 17.2 Å². The van der Waals surface area contributed by atoms with Gasteiger partial charge in [0, 0.05) is 0 Å². The quantitative estimate of drug-likeness (QED) is 0.843. The molecule has 0 saturated carbocycles. The highest BCUT2D eigenvalue weighted by molar-refractivity contribution is 5.72. The van der Waals surface area contributed by atoms with E-state index in [1.54, 1.807) is 6.07 Å². The Bertz CT molecular complexity index is 468. The normalized spacial score (nSPS) is 11.6. The van der Waals surface area contributed by atoms with Gasteiger partial charge in [-0.3, -0.25) is 0 Å². The van der Waals surface area contributed by atoms with E-state index in [1.807, 2.05) is 6.92 Å². The van der Waals surface area contributed by atoms with Crippen molar-refractivity contribution in [3.63, 3.8) is 0 Å². The number of hydrogen-bond acceptors (Lipinski definition) is 3. The van der Waals surface area contributed by atoms with E-state index in [1.165, 1.54) is 12.1 Å². The van der Waals surface area contributed by atoms with Gasteiger partial charge in [0.05, 0.1) is 11.6 Å². The number of halogens is 1. The minimum absolute atomic E-state index is 0.141. The number of benzene rings is 1. The Morgan fingerprint density at radius 2 is 2.33 bits per heavy atom. The van der Waals surface area contributed by atoms with Crippen molar-refractivity contribution in [1.29, 1.82) is 5.26 Å². The first kappa shape index (κ1) is 14.0. The predicted octanol–water partition coefficient (Wildman–Crippen LogP) is 2.72. The van der Waals surface area contributed by atoms with Gasteiger partial charge in [0.1, 0.15) is 0 Å². The zero-order chi connectivity index (χ0) is 13.5. The van der Waals surface area contributed by atoms with Crippen molar-refractivity contribution >= 4 is 5.97 Å². The molecule has 1 unspecified atom stereocenters. The Balaban J connectivity index is 2.81. The Kier molecular flexibility index (Phi) is 5.12. The van der Waals surface area contributed by atoms with Crippen LogP contribution in [0.25, 0.3) is 0 Å². The second kappa shape index (κ2) is 6.60. The Labute approximate surface area is 105 Å². The van der Waals surface area contributed by atoms with Crippen LogP contribution in [0.5, 0.6) is 5.75 Å². The van der Waals surface area contributed by atoms with Crippen LogP contribution < -0.4 is 4.74 Å². The van der Waals surface area contributed by atoms with Gasteiger partial charge >= 0.3 is 5.97 Å². The summed E-state index contributed by atoms with van der Waals surface area (Å²) in [6.07, 6.45) is 0.788. The molecule has 0 aromatic heterocycles. The van der Waals surface area contributed by atoms with Crippen LogP contribution in [0.4, 0.5) is 4.39 Å². The fourth-order valence-electron chi connectivity index (χ4n) is 1.44. The predicted molar refractivity (Wildman–Crippen MR) is 62.7 cm³/mol. The lowest BCUT2D eigenvalue weighted by molar-refractivity contribution is -0.145. The number of rotatable bonds is 6. The number of carboxylic acid groups (broad SMARTS) is 1. The van der Waals surface area contributed by atoms with Gasteiger partial charge in [-0.2, -0.15) is 5.26 Å². The van der Waals surface area contributed by atoms with Crippen molar-refractivity contribution in [1.82, 2.24) is 0 Å². The smallest absolute Gasteiger partial charge is 0.344 e. The summed E-state index contributed by atoms with van der Waals surface area (Å²) in [7, 11) is 0. The van der Waals surface area contributed by atoms with Crippen LogP contribution in [0.15, 0.2) is 18.2 Å². The summed E-state index contributed by atoms with van der Waals surface area (Å²) in [5.74, 6) is -1.98. The maximum absolute atomic E-state index is 13.5. The molecule has 18 heavy (non-hydrogen) atoms. The third-order valence-corrected chi connectivity index (χ3v) is 2.43. The number of ether oxygens (including phenoxy) is 1. The number of hydrogen-bond donors (Lipinski definition) is 1. The van der Waals surface area contributed by atoms with Gasteiger partial charge in [0.25, 0.3) is 0 Å². The maximum atomic E-state index is 13.5. The Hall–Kier alpha value is -2.09. The molecule has 0 spiro atoms. The van der Waals surface area contributed by atoms with E-state index in [0.717, 1.165) is 12.5 Å². The second-order valence-corrected chi connectivity index (χ2v) is 3.84. The van der Waals surface area contributed by atoms with Crippen LogP contribution in [0.1, 0.15) is 31.7 Å². The highest BCUT2D eigenvalue weighted by Crippen LogP contribution is 2.20. The van der Waals surface area contributed by atoms with E-state index in [9.17, 15) is 9.18 Å². The molecule has 0 fully saturated rings. The van der Waals surface area contributed by atoms with E-state index >= 15 is 0 Å². The van der Waals surface area contributed by atoms with Crippen molar-refractivity contribution in [2.75, 3.05) is 0 Å². The van der Waals surface area contributed by atoms with E-state index in [-0.39, 0.29) is 11.3 Å². The fraction of sp³-hybridized carbons (Fsp3) is 0.385. The molecular formula is C13H14FNO3. The Morgan fingerprint density at radius 1 is 1.61 bits per heavy atom. The molecule has 0 bridgehead atoms. The topological polar surface area (TPSA) is 70.3 Å². The molecule has 0 amide bonds. The van der Waals surface area contributed by atoms with Gasteiger partial charge in [-0.05, 0) is 31.0 Å². The van der Waals surface area contributed by atoms with Crippen LogP contribution in [-0.2, 0) is 4.79 Å². The summed E-state index contributed by atoms with van der Waals surface area (Å²) < 4.78 is 18.6. The highest BCUT2D eigenvalue weighted by atomic mass is 19.1. The Morgan fingerprint density at radius 3 is 2.83 bits per heavy atom. The first-order valence-corrected chi connectivity index (χ1v) is 5.67. The number of nitrogens with zero attached hydrogens (tertiary/aromatic N) is 1. The molecule has 1 aromatic rings. The zero-order valence-corrected chi connectivity index (χ0v) is 10.0.